The van der Waals surface area contributed by atoms with E-state index in [1.807, 2.05) is 60.5 Å². The molecule has 0 aliphatic carbocycles. The minimum Gasteiger partial charge on any atom is -0.378 e. The second kappa shape index (κ2) is 15.4. The molecule has 3 aromatic carbocycles. The van der Waals surface area contributed by atoms with Crippen LogP contribution in [-0.2, 0) is 16.0 Å². The average molecular weight is 646 g/mol. The number of carbonyl (C=O) groups is 2. The molecule has 0 N–H and O–H groups in total. The lowest BCUT2D eigenvalue weighted by Crippen LogP contribution is -2.55. The van der Waals surface area contributed by atoms with Crippen molar-refractivity contribution in [3.8, 4) is 0 Å². The van der Waals surface area contributed by atoms with Gasteiger partial charge in [0.25, 0.3) is 5.69 Å². The number of thiocarbonyl (C=S) groups is 1. The zero-order valence-corrected chi connectivity index (χ0v) is 26.3. The largest absolute Gasteiger partial charge is 0.378 e. The van der Waals surface area contributed by atoms with Crippen molar-refractivity contribution in [3.05, 3.63) is 106 Å². The van der Waals surface area contributed by atoms with Crippen molar-refractivity contribution in [2.75, 3.05) is 64.6 Å². The van der Waals surface area contributed by atoms with Crippen LogP contribution < -0.4 is 4.90 Å². The highest BCUT2D eigenvalue weighted by Crippen LogP contribution is 2.25. The van der Waals surface area contributed by atoms with E-state index in [0.717, 1.165) is 10.6 Å². The van der Waals surface area contributed by atoms with E-state index < -0.39 is 17.0 Å². The van der Waals surface area contributed by atoms with Crippen molar-refractivity contribution in [3.63, 3.8) is 0 Å². The number of amides is 4. The molecule has 14 heteroatoms. The number of non-ortho nitro benzene ring substituents is 1. The zero-order valence-electron chi connectivity index (χ0n) is 25.4. The summed E-state index contributed by atoms with van der Waals surface area (Å²) in [6.07, 6.45) is 0. The van der Waals surface area contributed by atoms with Gasteiger partial charge in [0.05, 0.1) is 37.0 Å². The summed E-state index contributed by atoms with van der Waals surface area (Å²) in [5.74, 6) is 0.183. The number of amidine groups is 1. The van der Waals surface area contributed by atoms with Crippen molar-refractivity contribution in [1.82, 2.24) is 19.7 Å². The van der Waals surface area contributed by atoms with Crippen molar-refractivity contribution in [2.45, 2.75) is 6.54 Å². The lowest BCUT2D eigenvalue weighted by atomic mass is 10.1. The standard InChI is InChI=1S/C32H35N7O6S/c1-34(24-25-8-4-2-5-9-25)32(46)37(27-12-14-28(15-13-27)39(42)43)29(26-10-6-3-7-11-26)33-38(30(40)35-16-20-44-21-17-35)31(41)36-18-22-45-23-19-36/h2-15H,16-24H2,1H3/b33-29+. The first kappa shape index (κ1) is 32.5. The molecule has 2 saturated heterocycles. The first-order valence-corrected chi connectivity index (χ1v) is 15.3. The van der Waals surface area contributed by atoms with E-state index in [1.165, 1.54) is 21.9 Å². The van der Waals surface area contributed by atoms with Crippen LogP contribution in [0.25, 0.3) is 0 Å². The molecule has 0 atom stereocenters. The normalized spacial score (nSPS) is 15.2. The summed E-state index contributed by atoms with van der Waals surface area (Å²) >= 11 is 6.07. The number of anilines is 1. The predicted octanol–water partition coefficient (Wildman–Crippen LogP) is 4.39. The third kappa shape index (κ3) is 7.83. The Hall–Kier alpha value is -4.92. The van der Waals surface area contributed by atoms with Crippen LogP contribution in [0.5, 0.6) is 0 Å². The second-order valence-electron chi connectivity index (χ2n) is 10.6. The van der Waals surface area contributed by atoms with Gasteiger partial charge < -0.3 is 24.2 Å². The molecule has 0 bridgehead atoms. The zero-order chi connectivity index (χ0) is 32.5. The number of imide groups is 1. The van der Waals surface area contributed by atoms with Crippen molar-refractivity contribution in [2.24, 2.45) is 5.10 Å². The molecule has 240 valence electrons. The van der Waals surface area contributed by atoms with E-state index in [2.05, 4.69) is 0 Å². The van der Waals surface area contributed by atoms with Gasteiger partial charge in [-0.25, -0.2) is 9.59 Å². The van der Waals surface area contributed by atoms with E-state index in [4.69, 9.17) is 26.8 Å². The molecule has 0 spiro atoms. The number of morpholine rings is 2. The Morgan fingerprint density at radius 2 is 1.33 bits per heavy atom. The van der Waals surface area contributed by atoms with E-state index in [-0.39, 0.29) is 16.6 Å². The van der Waals surface area contributed by atoms with Crippen LogP contribution in [0.2, 0.25) is 0 Å². The van der Waals surface area contributed by atoms with Crippen LogP contribution >= 0.6 is 12.2 Å². The summed E-state index contributed by atoms with van der Waals surface area (Å²) < 4.78 is 10.9. The molecule has 4 amide bonds. The highest BCUT2D eigenvalue weighted by Gasteiger charge is 2.34. The van der Waals surface area contributed by atoms with Gasteiger partial charge in [-0.05, 0) is 29.9 Å². The Kier molecular flexibility index (Phi) is 10.9. The smallest absolute Gasteiger partial charge is 0.349 e. The molecule has 3 aromatic rings. The Labute approximate surface area is 272 Å². The monoisotopic (exact) mass is 645 g/mol. The molecule has 2 heterocycles. The third-order valence-corrected chi connectivity index (χ3v) is 7.96. The van der Waals surface area contributed by atoms with E-state index >= 15 is 0 Å². The summed E-state index contributed by atoms with van der Waals surface area (Å²) in [5, 5.41) is 17.5. The second-order valence-corrected chi connectivity index (χ2v) is 11.0. The van der Waals surface area contributed by atoms with Crippen LogP contribution in [0.1, 0.15) is 11.1 Å². The molecule has 5 rings (SSSR count). The highest BCUT2D eigenvalue weighted by molar-refractivity contribution is 7.80. The Morgan fingerprint density at radius 3 is 1.83 bits per heavy atom. The molecule has 13 nitrogen and oxygen atoms in total. The molecule has 46 heavy (non-hydrogen) atoms. The summed E-state index contributed by atoms with van der Waals surface area (Å²) in [7, 11) is 1.83. The third-order valence-electron chi connectivity index (χ3n) is 7.46. The molecule has 0 unspecified atom stereocenters. The molecular weight excluding hydrogens is 610 g/mol. The van der Waals surface area contributed by atoms with Gasteiger partial charge in [0.1, 0.15) is 0 Å². The predicted molar refractivity (Wildman–Crippen MR) is 176 cm³/mol. The van der Waals surface area contributed by atoms with Crippen molar-refractivity contribution >= 4 is 46.6 Å². The van der Waals surface area contributed by atoms with Crippen LogP contribution in [0, 0.1) is 10.1 Å². The number of rotatable bonds is 6. The number of hydrazone groups is 1. The number of nitrogens with zero attached hydrogens (tertiary/aromatic N) is 7. The van der Waals surface area contributed by atoms with Gasteiger partial charge in [-0.2, -0.15) is 0 Å². The van der Waals surface area contributed by atoms with E-state index in [9.17, 15) is 19.7 Å². The average Bonchev–Trinajstić information content (AvgIpc) is 3.11. The summed E-state index contributed by atoms with van der Waals surface area (Å²) in [5.41, 5.74) is 1.92. The first-order chi connectivity index (χ1) is 22.3. The molecule has 0 saturated carbocycles. The number of hydrogen-bond donors (Lipinski definition) is 0. The van der Waals surface area contributed by atoms with Crippen LogP contribution in [-0.4, -0.2) is 107 Å². The van der Waals surface area contributed by atoms with Crippen LogP contribution in [0.3, 0.4) is 0 Å². The maximum Gasteiger partial charge on any atom is 0.349 e. The lowest BCUT2D eigenvalue weighted by Gasteiger charge is -2.36. The van der Waals surface area contributed by atoms with Gasteiger partial charge >= 0.3 is 12.1 Å². The Morgan fingerprint density at radius 1 is 0.826 bits per heavy atom. The maximum absolute atomic E-state index is 14.0. The van der Waals surface area contributed by atoms with Gasteiger partial charge in [-0.1, -0.05) is 60.7 Å². The Bertz CT molecular complexity index is 1520. The number of urea groups is 2. The molecule has 2 aliphatic heterocycles. The van der Waals surface area contributed by atoms with Crippen LogP contribution in [0.4, 0.5) is 21.0 Å². The summed E-state index contributed by atoms with van der Waals surface area (Å²) in [4.78, 5) is 45.6. The number of nitro groups is 1. The number of carbonyl (C=O) groups excluding carboxylic acids is 2. The quantitative estimate of drug-likeness (QED) is 0.126. The SMILES string of the molecule is CN(Cc1ccccc1)C(=S)N(/C(=N/N(C(=O)N1CCOCC1)C(=O)N1CCOCC1)c1ccccc1)c1ccc([N+](=O)[O-])cc1. The van der Waals surface area contributed by atoms with Gasteiger partial charge in [0.2, 0.25) is 0 Å². The van der Waals surface area contributed by atoms with Crippen LogP contribution in [0.15, 0.2) is 90.0 Å². The van der Waals surface area contributed by atoms with Gasteiger partial charge in [-0.3, -0.25) is 15.0 Å². The van der Waals surface area contributed by atoms with E-state index in [0.29, 0.717) is 70.4 Å². The van der Waals surface area contributed by atoms with Gasteiger partial charge in [0, 0.05) is 57.5 Å². The minimum atomic E-state index is -0.597. The van der Waals surface area contributed by atoms with E-state index in [1.54, 1.807) is 29.2 Å². The number of nitro benzene ring substituents is 1. The first-order valence-electron chi connectivity index (χ1n) is 14.8. The fourth-order valence-electron chi connectivity index (χ4n) is 5.00. The number of benzene rings is 3. The summed E-state index contributed by atoms with van der Waals surface area (Å²) in [6.45, 7) is 2.98. The fraction of sp³-hybridized carbons (Fsp3) is 0.312. The van der Waals surface area contributed by atoms with Gasteiger partial charge in [0.15, 0.2) is 10.9 Å². The Balaban J connectivity index is 1.65. The highest BCUT2D eigenvalue weighted by atomic mass is 32.1. The topological polar surface area (TPSA) is 124 Å². The molecule has 0 aromatic heterocycles. The molecular formula is C32H35N7O6S. The molecule has 2 aliphatic rings. The maximum atomic E-state index is 14.0. The van der Waals surface area contributed by atoms with Gasteiger partial charge in [-0.15, -0.1) is 10.1 Å². The fourth-order valence-corrected chi connectivity index (χ4v) is 5.26. The molecule has 2 fully saturated rings. The minimum absolute atomic E-state index is 0.0999. The number of hydrogen-bond acceptors (Lipinski definition) is 8. The molecule has 0 radical (unpaired) electrons. The lowest BCUT2D eigenvalue weighted by molar-refractivity contribution is -0.384. The summed E-state index contributed by atoms with van der Waals surface area (Å²) in [6, 6.07) is 23.5. The van der Waals surface area contributed by atoms with Crippen molar-refractivity contribution in [1.29, 1.82) is 0 Å². The van der Waals surface area contributed by atoms with Crippen molar-refractivity contribution < 1.29 is 24.0 Å². The number of ether oxygens (including phenoxy) is 2.